The lowest BCUT2D eigenvalue weighted by atomic mass is 10.2. The first-order chi connectivity index (χ1) is 17.6. The maximum atomic E-state index is 13.0. The molecule has 0 bridgehead atoms. The van der Waals surface area contributed by atoms with Crippen molar-refractivity contribution in [2.24, 2.45) is 0 Å². The highest BCUT2D eigenvalue weighted by Gasteiger charge is 2.20. The Hall–Kier alpha value is -4.12. The van der Waals surface area contributed by atoms with Crippen molar-refractivity contribution >= 4 is 35.1 Å². The van der Waals surface area contributed by atoms with Crippen molar-refractivity contribution < 1.29 is 19.1 Å². The molecule has 2 aromatic carbocycles. The van der Waals surface area contributed by atoms with Gasteiger partial charge in [-0.25, -0.2) is 0 Å². The number of carbonyl (C=O) groups excluding carboxylic acids is 2. The zero-order chi connectivity index (χ0) is 24.9. The Labute approximate surface area is 208 Å². The van der Waals surface area contributed by atoms with Gasteiger partial charge in [-0.1, -0.05) is 0 Å². The van der Waals surface area contributed by atoms with Gasteiger partial charge in [0.15, 0.2) is 0 Å². The number of nitrogens with zero attached hydrogens (tertiary/aromatic N) is 5. The highest BCUT2D eigenvalue weighted by atomic mass is 16.5. The zero-order valence-corrected chi connectivity index (χ0v) is 19.9. The third-order valence-electron chi connectivity index (χ3n) is 6.23. The molecule has 11 nitrogen and oxygen atoms in total. The van der Waals surface area contributed by atoms with Crippen LogP contribution in [0.1, 0.15) is 23.2 Å². The normalized spacial score (nSPS) is 15.8. The monoisotopic (exact) mass is 491 g/mol. The van der Waals surface area contributed by atoms with E-state index in [0.29, 0.717) is 44.1 Å². The van der Waals surface area contributed by atoms with Crippen LogP contribution >= 0.6 is 0 Å². The molecule has 0 atom stereocenters. The third kappa shape index (κ3) is 5.41. The summed E-state index contributed by atoms with van der Waals surface area (Å²) in [5, 5.41) is 7.30. The fourth-order valence-corrected chi connectivity index (χ4v) is 4.26. The maximum Gasteiger partial charge on any atom is 0.281 e. The van der Waals surface area contributed by atoms with Crippen molar-refractivity contribution in [3.8, 4) is 5.75 Å². The van der Waals surface area contributed by atoms with E-state index in [0.717, 1.165) is 42.1 Å². The molecule has 0 radical (unpaired) electrons. The Morgan fingerprint density at radius 2 is 1.81 bits per heavy atom. The van der Waals surface area contributed by atoms with E-state index in [-0.39, 0.29) is 23.7 Å². The highest BCUT2D eigenvalue weighted by molar-refractivity contribution is 5.97. The van der Waals surface area contributed by atoms with Gasteiger partial charge in [0.1, 0.15) is 12.4 Å². The summed E-state index contributed by atoms with van der Waals surface area (Å²) in [5.74, 6) is 0.735. The summed E-state index contributed by atoms with van der Waals surface area (Å²) in [4.78, 5) is 32.8. The van der Waals surface area contributed by atoms with E-state index in [4.69, 9.17) is 15.2 Å². The number of nitrogens with two attached hydrogens (primary N) is 1. The van der Waals surface area contributed by atoms with Crippen LogP contribution in [-0.4, -0.2) is 77.5 Å². The van der Waals surface area contributed by atoms with Gasteiger partial charge < -0.3 is 30.3 Å². The average molecular weight is 492 g/mol. The number of carbonyl (C=O) groups is 2. The summed E-state index contributed by atoms with van der Waals surface area (Å²) in [5.41, 5.74) is 8.21. The smallest absolute Gasteiger partial charge is 0.281 e. The standard InChI is InChI=1S/C25H29N7O4/c26-24-28-25(27-19-5-9-21(10-6-19)36-17-14-31-11-1-2-22(31)33)29-32(24)23(34)18-3-7-20(8-4-18)30-12-15-35-16-13-30/h3-10H,1-2,11-17H2,(H3,26,27,28,29). The molecule has 1 amide bonds. The molecule has 2 aliphatic heterocycles. The van der Waals surface area contributed by atoms with E-state index in [1.807, 2.05) is 41.3 Å². The van der Waals surface area contributed by atoms with Crippen molar-refractivity contribution in [2.45, 2.75) is 12.8 Å². The van der Waals surface area contributed by atoms with Crippen molar-refractivity contribution in [1.82, 2.24) is 19.7 Å². The first kappa shape index (κ1) is 23.6. The van der Waals surface area contributed by atoms with Gasteiger partial charge in [0.25, 0.3) is 5.91 Å². The van der Waals surface area contributed by atoms with Crippen LogP contribution in [0.5, 0.6) is 5.75 Å². The average Bonchev–Trinajstić information content (AvgIpc) is 3.49. The van der Waals surface area contributed by atoms with E-state index >= 15 is 0 Å². The van der Waals surface area contributed by atoms with Crippen LogP contribution in [0.25, 0.3) is 0 Å². The number of benzene rings is 2. The number of ether oxygens (including phenoxy) is 2. The maximum absolute atomic E-state index is 13.0. The Morgan fingerprint density at radius 1 is 1.06 bits per heavy atom. The lowest BCUT2D eigenvalue weighted by molar-refractivity contribution is -0.128. The predicted molar refractivity (Wildman–Crippen MR) is 135 cm³/mol. The van der Waals surface area contributed by atoms with Gasteiger partial charge in [0.2, 0.25) is 17.8 Å². The fourth-order valence-electron chi connectivity index (χ4n) is 4.26. The van der Waals surface area contributed by atoms with Crippen LogP contribution in [0.3, 0.4) is 0 Å². The van der Waals surface area contributed by atoms with Gasteiger partial charge in [-0.15, -0.1) is 5.10 Å². The molecule has 0 saturated carbocycles. The van der Waals surface area contributed by atoms with Crippen LogP contribution in [-0.2, 0) is 9.53 Å². The fraction of sp³-hybridized carbons (Fsp3) is 0.360. The number of hydrogen-bond acceptors (Lipinski definition) is 9. The molecule has 0 spiro atoms. The van der Waals surface area contributed by atoms with Gasteiger partial charge in [-0.2, -0.15) is 9.67 Å². The SMILES string of the molecule is Nc1nc(Nc2ccc(OCCN3CCCC3=O)cc2)nn1C(=O)c1ccc(N2CCOCC2)cc1. The number of aromatic nitrogens is 3. The molecule has 0 aliphatic carbocycles. The van der Waals surface area contributed by atoms with Gasteiger partial charge in [-0.3, -0.25) is 9.59 Å². The lowest BCUT2D eigenvalue weighted by Crippen LogP contribution is -2.36. The first-order valence-corrected chi connectivity index (χ1v) is 12.0. The summed E-state index contributed by atoms with van der Waals surface area (Å²) in [6, 6.07) is 14.6. The second-order valence-electron chi connectivity index (χ2n) is 8.64. The number of nitrogens with one attached hydrogen (secondary N) is 1. The van der Waals surface area contributed by atoms with E-state index in [1.54, 1.807) is 12.1 Å². The van der Waals surface area contributed by atoms with E-state index in [1.165, 1.54) is 0 Å². The van der Waals surface area contributed by atoms with Gasteiger partial charge in [0, 0.05) is 43.0 Å². The summed E-state index contributed by atoms with van der Waals surface area (Å²) in [7, 11) is 0. The molecular formula is C25H29N7O4. The second-order valence-corrected chi connectivity index (χ2v) is 8.64. The molecule has 3 heterocycles. The molecule has 2 saturated heterocycles. The van der Waals surface area contributed by atoms with Crippen LogP contribution < -0.4 is 20.7 Å². The first-order valence-electron chi connectivity index (χ1n) is 12.0. The number of hydrogen-bond donors (Lipinski definition) is 2. The molecule has 188 valence electrons. The minimum Gasteiger partial charge on any atom is -0.492 e. The minimum absolute atomic E-state index is 0.00355. The molecule has 3 aromatic rings. The van der Waals surface area contributed by atoms with Crippen LogP contribution in [0, 0.1) is 0 Å². The molecule has 2 aliphatic rings. The zero-order valence-electron chi connectivity index (χ0n) is 19.9. The quantitative estimate of drug-likeness (QED) is 0.487. The molecule has 3 N–H and O–H groups in total. The van der Waals surface area contributed by atoms with Gasteiger partial charge in [0.05, 0.1) is 19.8 Å². The summed E-state index contributed by atoms with van der Waals surface area (Å²) >= 11 is 0. The Balaban J connectivity index is 1.17. The molecular weight excluding hydrogens is 462 g/mol. The van der Waals surface area contributed by atoms with E-state index < -0.39 is 0 Å². The van der Waals surface area contributed by atoms with E-state index in [9.17, 15) is 9.59 Å². The largest absolute Gasteiger partial charge is 0.492 e. The lowest BCUT2D eigenvalue weighted by Gasteiger charge is -2.28. The summed E-state index contributed by atoms with van der Waals surface area (Å²) < 4.78 is 12.2. The molecule has 36 heavy (non-hydrogen) atoms. The number of amides is 1. The van der Waals surface area contributed by atoms with Crippen molar-refractivity contribution in [3.63, 3.8) is 0 Å². The van der Waals surface area contributed by atoms with Crippen LogP contribution in [0.15, 0.2) is 48.5 Å². The topological polar surface area (TPSA) is 128 Å². The second kappa shape index (κ2) is 10.6. The van der Waals surface area contributed by atoms with Crippen molar-refractivity contribution in [2.75, 3.05) is 62.0 Å². The van der Waals surface area contributed by atoms with Crippen LogP contribution in [0.4, 0.5) is 23.3 Å². The molecule has 0 unspecified atom stereocenters. The van der Waals surface area contributed by atoms with Crippen molar-refractivity contribution in [1.29, 1.82) is 0 Å². The summed E-state index contributed by atoms with van der Waals surface area (Å²) in [6.07, 6.45) is 1.54. The number of rotatable bonds is 8. The molecule has 5 rings (SSSR count). The molecule has 11 heteroatoms. The Kier molecular flexibility index (Phi) is 6.99. The third-order valence-corrected chi connectivity index (χ3v) is 6.23. The summed E-state index contributed by atoms with van der Waals surface area (Å²) in [6.45, 7) is 4.87. The Morgan fingerprint density at radius 3 is 2.50 bits per heavy atom. The minimum atomic E-state index is -0.359. The number of likely N-dealkylation sites (tertiary alicyclic amines) is 1. The number of morpholine rings is 1. The number of nitrogen functional groups attached to an aromatic ring is 1. The number of anilines is 4. The Bertz CT molecular complexity index is 1200. The molecule has 2 fully saturated rings. The predicted octanol–water partition coefficient (Wildman–Crippen LogP) is 2.13. The highest BCUT2D eigenvalue weighted by Crippen LogP contribution is 2.21. The van der Waals surface area contributed by atoms with Crippen molar-refractivity contribution in [3.05, 3.63) is 54.1 Å². The molecule has 1 aromatic heterocycles. The van der Waals surface area contributed by atoms with Gasteiger partial charge >= 0.3 is 0 Å². The van der Waals surface area contributed by atoms with E-state index in [2.05, 4.69) is 20.3 Å². The van der Waals surface area contributed by atoms with Crippen LogP contribution in [0.2, 0.25) is 0 Å². The van der Waals surface area contributed by atoms with Gasteiger partial charge in [-0.05, 0) is 55.0 Å².